The Bertz CT molecular complexity index is 427. The molecule has 0 radical (unpaired) electrons. The predicted octanol–water partition coefficient (Wildman–Crippen LogP) is 3.40. The first-order valence-corrected chi connectivity index (χ1v) is 8.32. The summed E-state index contributed by atoms with van der Waals surface area (Å²) in [5.74, 6) is 1.53. The summed E-state index contributed by atoms with van der Waals surface area (Å²) in [6, 6.07) is 0.687. The lowest BCUT2D eigenvalue weighted by Gasteiger charge is -2.20. The Kier molecular flexibility index (Phi) is 5.07. The van der Waals surface area contributed by atoms with Crippen LogP contribution >= 0.6 is 15.9 Å². The van der Waals surface area contributed by atoms with Crippen molar-refractivity contribution in [2.75, 3.05) is 7.05 Å². The van der Waals surface area contributed by atoms with E-state index in [9.17, 15) is 0 Å². The molecule has 3 unspecified atom stereocenters. The topological polar surface area (TPSA) is 29.9 Å². The molecule has 19 heavy (non-hydrogen) atoms. The van der Waals surface area contributed by atoms with Gasteiger partial charge in [-0.25, -0.2) is 0 Å². The molecular formula is C15H26BrN3. The van der Waals surface area contributed by atoms with Gasteiger partial charge in [-0.2, -0.15) is 5.10 Å². The van der Waals surface area contributed by atoms with Crippen LogP contribution in [0.25, 0.3) is 0 Å². The summed E-state index contributed by atoms with van der Waals surface area (Å²) in [6.45, 7) is 7.70. The molecule has 0 spiro atoms. The zero-order chi connectivity index (χ0) is 14.0. The molecule has 1 aliphatic rings. The SMILES string of the molecule is CCc1nn(CC)c(CC2CCC(NC)C2C)c1Br. The van der Waals surface area contributed by atoms with E-state index in [0.29, 0.717) is 6.04 Å². The quantitative estimate of drug-likeness (QED) is 0.898. The fourth-order valence-electron chi connectivity index (χ4n) is 3.40. The number of hydrogen-bond acceptors (Lipinski definition) is 2. The molecule has 4 heteroatoms. The fraction of sp³-hybridized carbons (Fsp3) is 0.800. The van der Waals surface area contributed by atoms with E-state index >= 15 is 0 Å². The van der Waals surface area contributed by atoms with Crippen molar-refractivity contribution in [2.24, 2.45) is 11.8 Å². The smallest absolute Gasteiger partial charge is 0.0766 e. The number of aromatic nitrogens is 2. The number of aryl methyl sites for hydroxylation is 2. The lowest BCUT2D eigenvalue weighted by molar-refractivity contribution is 0.356. The molecule has 0 bridgehead atoms. The van der Waals surface area contributed by atoms with E-state index in [1.807, 2.05) is 0 Å². The van der Waals surface area contributed by atoms with Crippen LogP contribution in [0.5, 0.6) is 0 Å². The van der Waals surface area contributed by atoms with Crippen molar-refractivity contribution in [3.63, 3.8) is 0 Å². The van der Waals surface area contributed by atoms with Crippen LogP contribution in [0, 0.1) is 11.8 Å². The van der Waals surface area contributed by atoms with Gasteiger partial charge in [-0.1, -0.05) is 13.8 Å². The number of nitrogens with one attached hydrogen (secondary N) is 1. The van der Waals surface area contributed by atoms with Crippen molar-refractivity contribution < 1.29 is 0 Å². The van der Waals surface area contributed by atoms with Gasteiger partial charge in [0, 0.05) is 12.6 Å². The van der Waals surface area contributed by atoms with Gasteiger partial charge in [0.15, 0.2) is 0 Å². The summed E-state index contributed by atoms with van der Waals surface area (Å²) in [5, 5.41) is 8.16. The largest absolute Gasteiger partial charge is 0.317 e. The van der Waals surface area contributed by atoms with Gasteiger partial charge in [-0.05, 0) is 67.4 Å². The Hall–Kier alpha value is -0.350. The zero-order valence-corrected chi connectivity index (χ0v) is 14.1. The molecule has 3 nitrogen and oxygen atoms in total. The van der Waals surface area contributed by atoms with E-state index in [4.69, 9.17) is 5.10 Å². The third-order valence-corrected chi connectivity index (χ3v) is 5.66. The number of rotatable bonds is 5. The number of nitrogens with zero attached hydrogens (tertiary/aromatic N) is 2. The molecule has 1 aromatic rings. The molecule has 1 fully saturated rings. The lowest BCUT2D eigenvalue weighted by atomic mass is 9.91. The van der Waals surface area contributed by atoms with Crippen LogP contribution in [0.4, 0.5) is 0 Å². The van der Waals surface area contributed by atoms with E-state index in [1.54, 1.807) is 0 Å². The molecule has 1 heterocycles. The standard InChI is InChI=1S/C15H26BrN3/c1-5-12-15(16)14(19(6-2)18-12)9-11-7-8-13(17-4)10(11)3/h10-11,13,17H,5-9H2,1-4H3. The second kappa shape index (κ2) is 6.40. The van der Waals surface area contributed by atoms with Gasteiger partial charge in [0.2, 0.25) is 0 Å². The summed E-state index contributed by atoms with van der Waals surface area (Å²) in [4.78, 5) is 0. The van der Waals surface area contributed by atoms with Crippen LogP contribution in [0.2, 0.25) is 0 Å². The van der Waals surface area contributed by atoms with Crippen molar-refractivity contribution in [1.82, 2.24) is 15.1 Å². The van der Waals surface area contributed by atoms with Gasteiger partial charge >= 0.3 is 0 Å². The minimum Gasteiger partial charge on any atom is -0.317 e. The lowest BCUT2D eigenvalue weighted by Crippen LogP contribution is -2.30. The Morgan fingerprint density at radius 1 is 1.37 bits per heavy atom. The van der Waals surface area contributed by atoms with Crippen LogP contribution < -0.4 is 5.32 Å². The zero-order valence-electron chi connectivity index (χ0n) is 12.5. The van der Waals surface area contributed by atoms with Crippen LogP contribution in [0.1, 0.15) is 45.0 Å². The summed E-state index contributed by atoms with van der Waals surface area (Å²) < 4.78 is 3.43. The van der Waals surface area contributed by atoms with Crippen molar-refractivity contribution >= 4 is 15.9 Å². The van der Waals surface area contributed by atoms with Gasteiger partial charge in [0.25, 0.3) is 0 Å². The monoisotopic (exact) mass is 327 g/mol. The maximum atomic E-state index is 4.71. The second-order valence-corrected chi connectivity index (χ2v) is 6.47. The van der Waals surface area contributed by atoms with Gasteiger partial charge in [-0.15, -0.1) is 0 Å². The van der Waals surface area contributed by atoms with E-state index in [0.717, 1.165) is 31.2 Å². The molecule has 0 aromatic carbocycles. The first kappa shape index (κ1) is 15.0. The molecule has 108 valence electrons. The Balaban J connectivity index is 2.17. The average molecular weight is 328 g/mol. The average Bonchev–Trinajstić information content (AvgIpc) is 2.92. The van der Waals surface area contributed by atoms with Crippen molar-refractivity contribution in [1.29, 1.82) is 0 Å². The third kappa shape index (κ3) is 2.89. The van der Waals surface area contributed by atoms with Crippen molar-refractivity contribution in [3.8, 4) is 0 Å². The molecule has 1 saturated carbocycles. The number of hydrogen-bond donors (Lipinski definition) is 1. The van der Waals surface area contributed by atoms with Crippen molar-refractivity contribution in [3.05, 3.63) is 15.9 Å². The van der Waals surface area contributed by atoms with E-state index in [-0.39, 0.29) is 0 Å². The normalized spacial score (nSPS) is 27.1. The Morgan fingerprint density at radius 2 is 2.11 bits per heavy atom. The van der Waals surface area contributed by atoms with Gasteiger partial charge in [0.1, 0.15) is 0 Å². The van der Waals surface area contributed by atoms with E-state index in [2.05, 4.69) is 53.7 Å². The molecule has 1 aliphatic carbocycles. The van der Waals surface area contributed by atoms with Crippen LogP contribution in [0.15, 0.2) is 4.47 Å². The molecule has 0 aliphatic heterocycles. The summed E-state index contributed by atoms with van der Waals surface area (Å²) in [6.07, 6.45) is 4.79. The predicted molar refractivity (Wildman–Crippen MR) is 83.4 cm³/mol. The molecule has 0 amide bonds. The van der Waals surface area contributed by atoms with E-state index in [1.165, 1.54) is 28.7 Å². The van der Waals surface area contributed by atoms with Gasteiger partial charge in [0.05, 0.1) is 15.9 Å². The molecule has 1 N–H and O–H groups in total. The second-order valence-electron chi connectivity index (χ2n) is 5.67. The first-order chi connectivity index (χ1) is 9.12. The maximum Gasteiger partial charge on any atom is 0.0766 e. The summed E-state index contributed by atoms with van der Waals surface area (Å²) in [7, 11) is 2.09. The molecule has 3 atom stereocenters. The highest BCUT2D eigenvalue weighted by atomic mass is 79.9. The fourth-order valence-corrected chi connectivity index (χ4v) is 4.13. The van der Waals surface area contributed by atoms with Gasteiger partial charge in [-0.3, -0.25) is 4.68 Å². The van der Waals surface area contributed by atoms with Crippen molar-refractivity contribution in [2.45, 2.75) is 59.0 Å². The van der Waals surface area contributed by atoms with E-state index < -0.39 is 0 Å². The molecule has 2 rings (SSSR count). The van der Waals surface area contributed by atoms with Crippen LogP contribution in [-0.4, -0.2) is 22.9 Å². The minimum absolute atomic E-state index is 0.687. The third-order valence-electron chi connectivity index (χ3n) is 4.75. The first-order valence-electron chi connectivity index (χ1n) is 7.53. The minimum atomic E-state index is 0.687. The Morgan fingerprint density at radius 3 is 2.63 bits per heavy atom. The Labute approximate surface area is 125 Å². The van der Waals surface area contributed by atoms with Crippen LogP contribution in [0.3, 0.4) is 0 Å². The molecule has 0 saturated heterocycles. The highest BCUT2D eigenvalue weighted by Crippen LogP contribution is 2.36. The van der Waals surface area contributed by atoms with Crippen LogP contribution in [-0.2, 0) is 19.4 Å². The maximum absolute atomic E-state index is 4.71. The summed E-state index contributed by atoms with van der Waals surface area (Å²) in [5.41, 5.74) is 2.60. The van der Waals surface area contributed by atoms with Gasteiger partial charge < -0.3 is 5.32 Å². The molecular weight excluding hydrogens is 302 g/mol. The highest BCUT2D eigenvalue weighted by molar-refractivity contribution is 9.10. The summed E-state index contributed by atoms with van der Waals surface area (Å²) >= 11 is 3.76. The number of halogens is 1. The highest BCUT2D eigenvalue weighted by Gasteiger charge is 2.33. The molecule has 1 aromatic heterocycles.